The topological polar surface area (TPSA) is 46.2 Å². The SMILES string of the molecule is CNS(=O)(=O)c1ccc(C)cc1.[H-].[Na+]. The third-order valence-electron chi connectivity index (χ3n) is 1.60. The van der Waals surface area contributed by atoms with Gasteiger partial charge < -0.3 is 1.43 Å². The first-order chi connectivity index (χ1) is 5.56. The molecular formula is C8H12NNaO2S. The van der Waals surface area contributed by atoms with Crippen LogP contribution in [0.15, 0.2) is 29.2 Å². The van der Waals surface area contributed by atoms with E-state index < -0.39 is 10.0 Å². The minimum atomic E-state index is -3.26. The van der Waals surface area contributed by atoms with Gasteiger partial charge in [0.1, 0.15) is 0 Å². The molecule has 13 heavy (non-hydrogen) atoms. The zero-order valence-corrected chi connectivity index (χ0v) is 10.9. The van der Waals surface area contributed by atoms with Gasteiger partial charge in [-0.25, -0.2) is 13.1 Å². The van der Waals surface area contributed by atoms with Crippen LogP contribution in [0.5, 0.6) is 0 Å². The molecule has 1 rings (SSSR count). The van der Waals surface area contributed by atoms with Crippen molar-refractivity contribution >= 4 is 10.0 Å². The molecule has 0 saturated carbocycles. The van der Waals surface area contributed by atoms with Crippen molar-refractivity contribution in [1.29, 1.82) is 0 Å². The van der Waals surface area contributed by atoms with Crippen LogP contribution in [0.4, 0.5) is 0 Å². The molecule has 0 heterocycles. The summed E-state index contributed by atoms with van der Waals surface area (Å²) in [4.78, 5) is 0.301. The van der Waals surface area contributed by atoms with Gasteiger partial charge in [0.25, 0.3) is 0 Å². The Morgan fingerprint density at radius 3 is 2.08 bits per heavy atom. The van der Waals surface area contributed by atoms with Gasteiger partial charge in [0.05, 0.1) is 4.90 Å². The summed E-state index contributed by atoms with van der Waals surface area (Å²) in [6.45, 7) is 1.91. The second kappa shape index (κ2) is 5.12. The summed E-state index contributed by atoms with van der Waals surface area (Å²) in [6, 6.07) is 6.71. The number of nitrogens with one attached hydrogen (secondary N) is 1. The van der Waals surface area contributed by atoms with Crippen LogP contribution in [0.25, 0.3) is 0 Å². The van der Waals surface area contributed by atoms with Gasteiger partial charge in [-0.15, -0.1) is 0 Å². The van der Waals surface area contributed by atoms with Gasteiger partial charge in [-0.3, -0.25) is 0 Å². The van der Waals surface area contributed by atoms with E-state index in [4.69, 9.17) is 0 Å². The van der Waals surface area contributed by atoms with E-state index in [2.05, 4.69) is 4.72 Å². The van der Waals surface area contributed by atoms with Crippen molar-refractivity contribution in [3.05, 3.63) is 29.8 Å². The second-order valence-electron chi connectivity index (χ2n) is 2.52. The molecule has 0 atom stereocenters. The van der Waals surface area contributed by atoms with Crippen LogP contribution in [0, 0.1) is 6.92 Å². The van der Waals surface area contributed by atoms with Gasteiger partial charge in [0.15, 0.2) is 0 Å². The van der Waals surface area contributed by atoms with Crippen molar-refractivity contribution in [2.75, 3.05) is 7.05 Å². The average Bonchev–Trinajstić information content (AvgIpc) is 2.05. The molecule has 0 saturated heterocycles. The Balaban J connectivity index is 0. The van der Waals surface area contributed by atoms with Crippen molar-refractivity contribution < 1.29 is 39.4 Å². The van der Waals surface area contributed by atoms with Crippen LogP contribution in [-0.4, -0.2) is 15.5 Å². The summed E-state index contributed by atoms with van der Waals surface area (Å²) in [5.41, 5.74) is 1.05. The fourth-order valence-corrected chi connectivity index (χ4v) is 1.57. The molecule has 0 bridgehead atoms. The summed E-state index contributed by atoms with van der Waals surface area (Å²) < 4.78 is 24.7. The summed E-state index contributed by atoms with van der Waals surface area (Å²) in [5.74, 6) is 0. The van der Waals surface area contributed by atoms with Crippen molar-refractivity contribution in [2.24, 2.45) is 0 Å². The Morgan fingerprint density at radius 2 is 1.69 bits per heavy atom. The van der Waals surface area contributed by atoms with Gasteiger partial charge in [-0.1, -0.05) is 17.7 Å². The first-order valence-electron chi connectivity index (χ1n) is 3.56. The van der Waals surface area contributed by atoms with E-state index >= 15 is 0 Å². The Bertz CT molecular complexity index is 363. The summed E-state index contributed by atoms with van der Waals surface area (Å²) in [6.07, 6.45) is 0. The number of rotatable bonds is 2. The molecule has 0 aliphatic heterocycles. The second-order valence-corrected chi connectivity index (χ2v) is 4.41. The van der Waals surface area contributed by atoms with Gasteiger partial charge in [0.2, 0.25) is 10.0 Å². The van der Waals surface area contributed by atoms with Crippen molar-refractivity contribution in [3.63, 3.8) is 0 Å². The van der Waals surface area contributed by atoms with Crippen LogP contribution >= 0.6 is 0 Å². The predicted octanol–water partition coefficient (Wildman–Crippen LogP) is -1.98. The van der Waals surface area contributed by atoms with Crippen molar-refractivity contribution in [3.8, 4) is 0 Å². The van der Waals surface area contributed by atoms with Crippen LogP contribution < -0.4 is 34.3 Å². The summed E-state index contributed by atoms with van der Waals surface area (Å²) >= 11 is 0. The number of benzene rings is 1. The minimum Gasteiger partial charge on any atom is -1.00 e. The molecule has 0 aliphatic rings. The molecule has 0 aliphatic carbocycles. The van der Waals surface area contributed by atoms with E-state index in [0.29, 0.717) is 4.90 Å². The van der Waals surface area contributed by atoms with Crippen molar-refractivity contribution in [1.82, 2.24) is 4.72 Å². The smallest absolute Gasteiger partial charge is 1.00 e. The minimum absolute atomic E-state index is 0. The number of hydrogen-bond donors (Lipinski definition) is 1. The maximum Gasteiger partial charge on any atom is 1.00 e. The first kappa shape index (κ1) is 13.1. The molecule has 5 heteroatoms. The van der Waals surface area contributed by atoms with E-state index in [-0.39, 0.29) is 31.0 Å². The molecular weight excluding hydrogens is 197 g/mol. The Morgan fingerprint density at radius 1 is 1.23 bits per heavy atom. The average molecular weight is 209 g/mol. The Labute approximate surface area is 102 Å². The first-order valence-corrected chi connectivity index (χ1v) is 5.05. The molecule has 0 amide bonds. The van der Waals surface area contributed by atoms with Gasteiger partial charge >= 0.3 is 29.6 Å². The zero-order chi connectivity index (χ0) is 9.19. The monoisotopic (exact) mass is 209 g/mol. The largest absolute Gasteiger partial charge is 1.00 e. The van der Waals surface area contributed by atoms with E-state index in [9.17, 15) is 8.42 Å². The normalized spacial score (nSPS) is 10.6. The number of hydrogen-bond acceptors (Lipinski definition) is 2. The molecule has 1 aromatic carbocycles. The van der Waals surface area contributed by atoms with Crippen LogP contribution in [0.1, 0.15) is 6.99 Å². The third-order valence-corrected chi connectivity index (χ3v) is 3.03. The molecule has 0 aromatic heterocycles. The summed E-state index contributed by atoms with van der Waals surface area (Å²) in [5, 5.41) is 0. The molecule has 0 unspecified atom stereocenters. The molecule has 68 valence electrons. The van der Waals surface area contributed by atoms with Gasteiger partial charge in [-0.2, -0.15) is 0 Å². The standard InChI is InChI=1S/C8H11NO2S.Na.H/c1-7-3-5-8(6-4-7)12(10,11)9-2;;/h3-6,9H,1-2H3;;/q;+1;-1. The van der Waals surface area contributed by atoms with Crippen LogP contribution in [-0.2, 0) is 10.0 Å². The number of aryl methyl sites for hydroxylation is 1. The number of sulfonamides is 1. The van der Waals surface area contributed by atoms with Crippen molar-refractivity contribution in [2.45, 2.75) is 11.8 Å². The van der Waals surface area contributed by atoms with Gasteiger partial charge in [-0.05, 0) is 26.1 Å². The van der Waals surface area contributed by atoms with Crippen LogP contribution in [0.2, 0.25) is 0 Å². The summed E-state index contributed by atoms with van der Waals surface area (Å²) in [7, 11) is -1.87. The molecule has 0 fully saturated rings. The predicted molar refractivity (Wildman–Crippen MR) is 48.5 cm³/mol. The Hall–Kier alpha value is 0.130. The van der Waals surface area contributed by atoms with Crippen LogP contribution in [0.3, 0.4) is 0 Å². The van der Waals surface area contributed by atoms with E-state index in [1.165, 1.54) is 7.05 Å². The molecule has 0 radical (unpaired) electrons. The van der Waals surface area contributed by atoms with Gasteiger partial charge in [0, 0.05) is 0 Å². The van der Waals surface area contributed by atoms with E-state index in [0.717, 1.165) is 5.56 Å². The molecule has 1 aromatic rings. The quantitative estimate of drug-likeness (QED) is 0.574. The third kappa shape index (κ3) is 3.40. The molecule has 1 N–H and O–H groups in total. The van der Waals surface area contributed by atoms with E-state index in [1.807, 2.05) is 6.92 Å². The Kier molecular flexibility index (Phi) is 5.17. The maximum atomic E-state index is 11.2. The fourth-order valence-electron chi connectivity index (χ4n) is 0.835. The zero-order valence-electron chi connectivity index (χ0n) is 9.03. The van der Waals surface area contributed by atoms with E-state index in [1.54, 1.807) is 24.3 Å². The maximum absolute atomic E-state index is 11.2. The molecule has 0 spiro atoms. The molecule has 3 nitrogen and oxygen atoms in total. The fraction of sp³-hybridized carbons (Fsp3) is 0.250.